The van der Waals surface area contributed by atoms with Crippen LogP contribution in [-0.2, 0) is 16.0 Å². The number of halogens is 1. The molecule has 0 unspecified atom stereocenters. The molecule has 0 aromatic heterocycles. The lowest BCUT2D eigenvalue weighted by molar-refractivity contribution is -0.115. The fraction of sp³-hybridized carbons (Fsp3) is 0.200. The van der Waals surface area contributed by atoms with Gasteiger partial charge in [0.25, 0.3) is 0 Å². The van der Waals surface area contributed by atoms with Crippen LogP contribution in [0.4, 0.5) is 11.4 Å². The Hall–Kier alpha value is -1.55. The van der Waals surface area contributed by atoms with Gasteiger partial charge in [-0.25, -0.2) is 0 Å². The zero-order chi connectivity index (χ0) is 10.8. The van der Waals surface area contributed by atoms with Gasteiger partial charge in [-0.3, -0.25) is 9.59 Å². The average Bonchev–Trinajstić information content (AvgIpc) is 2.57. The van der Waals surface area contributed by atoms with Crippen LogP contribution in [0.3, 0.4) is 0 Å². The molecule has 1 heterocycles. The highest BCUT2D eigenvalue weighted by atomic mass is 35.5. The Bertz CT molecular complexity index is 431. The van der Waals surface area contributed by atoms with Gasteiger partial charge in [0, 0.05) is 11.4 Å². The van der Waals surface area contributed by atoms with Crippen LogP contribution < -0.4 is 10.6 Å². The maximum absolute atomic E-state index is 11.1. The number of nitrogens with one attached hydrogen (secondary N) is 2. The van der Waals surface area contributed by atoms with Crippen LogP contribution in [-0.4, -0.2) is 17.7 Å². The summed E-state index contributed by atoms with van der Waals surface area (Å²) in [5.41, 5.74) is 2.37. The maximum Gasteiger partial charge on any atom is 0.239 e. The van der Waals surface area contributed by atoms with Gasteiger partial charge in [0.15, 0.2) is 0 Å². The summed E-state index contributed by atoms with van der Waals surface area (Å²) >= 11 is 5.36. The predicted octanol–water partition coefficient (Wildman–Crippen LogP) is 1.36. The standard InChI is InChI=1S/C10H9ClN2O2/c11-5-10(15)12-7-1-2-8-6(3-7)4-9(14)13-8/h1-3H,4-5H2,(H,12,15)(H,13,14). The number of rotatable bonds is 2. The fourth-order valence-electron chi connectivity index (χ4n) is 1.50. The first-order valence-electron chi connectivity index (χ1n) is 4.47. The Morgan fingerprint density at radius 1 is 1.53 bits per heavy atom. The molecule has 1 aliphatic heterocycles. The molecular formula is C10H9ClN2O2. The number of hydrogen-bond acceptors (Lipinski definition) is 2. The van der Waals surface area contributed by atoms with Crippen molar-refractivity contribution in [1.82, 2.24) is 0 Å². The number of hydrogen-bond donors (Lipinski definition) is 2. The third kappa shape index (κ3) is 2.10. The van der Waals surface area contributed by atoms with E-state index in [0.29, 0.717) is 12.1 Å². The van der Waals surface area contributed by atoms with E-state index in [1.165, 1.54) is 0 Å². The van der Waals surface area contributed by atoms with Crippen LogP contribution in [0.1, 0.15) is 5.56 Å². The molecule has 2 rings (SSSR count). The Balaban J connectivity index is 2.20. The van der Waals surface area contributed by atoms with E-state index in [9.17, 15) is 9.59 Å². The van der Waals surface area contributed by atoms with E-state index in [2.05, 4.69) is 10.6 Å². The molecular weight excluding hydrogens is 216 g/mol. The summed E-state index contributed by atoms with van der Waals surface area (Å²) in [5.74, 6) is -0.353. The van der Waals surface area contributed by atoms with Crippen LogP contribution in [0.2, 0.25) is 0 Å². The zero-order valence-corrected chi connectivity index (χ0v) is 8.60. The largest absolute Gasteiger partial charge is 0.326 e. The number of carbonyl (C=O) groups excluding carboxylic acids is 2. The van der Waals surface area contributed by atoms with Crippen molar-refractivity contribution in [3.8, 4) is 0 Å². The summed E-state index contributed by atoms with van der Waals surface area (Å²) in [5, 5.41) is 5.34. The topological polar surface area (TPSA) is 58.2 Å². The number of carbonyl (C=O) groups is 2. The van der Waals surface area contributed by atoms with Gasteiger partial charge < -0.3 is 10.6 Å². The van der Waals surface area contributed by atoms with Crippen LogP contribution in [0.25, 0.3) is 0 Å². The van der Waals surface area contributed by atoms with Crippen molar-refractivity contribution in [2.24, 2.45) is 0 Å². The molecule has 0 bridgehead atoms. The van der Waals surface area contributed by atoms with Gasteiger partial charge in [0.2, 0.25) is 11.8 Å². The Kier molecular flexibility index (Phi) is 2.60. The molecule has 0 saturated carbocycles. The number of alkyl halides is 1. The third-order valence-corrected chi connectivity index (χ3v) is 2.38. The summed E-state index contributed by atoms with van der Waals surface area (Å²) < 4.78 is 0. The number of fused-ring (bicyclic) bond motifs is 1. The number of benzene rings is 1. The summed E-state index contributed by atoms with van der Waals surface area (Å²) in [7, 11) is 0. The van der Waals surface area contributed by atoms with Gasteiger partial charge in [-0.05, 0) is 23.8 Å². The van der Waals surface area contributed by atoms with Crippen molar-refractivity contribution in [1.29, 1.82) is 0 Å². The summed E-state index contributed by atoms with van der Waals surface area (Å²) in [6.45, 7) is 0. The Labute approximate surface area is 91.6 Å². The van der Waals surface area contributed by atoms with Crippen molar-refractivity contribution >= 4 is 34.8 Å². The van der Waals surface area contributed by atoms with Crippen molar-refractivity contribution in [3.05, 3.63) is 23.8 Å². The SMILES string of the molecule is O=C(CCl)Nc1ccc2c(c1)CC(=O)N2. The molecule has 1 aliphatic rings. The van der Waals surface area contributed by atoms with Gasteiger partial charge in [-0.1, -0.05) is 0 Å². The molecule has 1 aromatic rings. The van der Waals surface area contributed by atoms with E-state index < -0.39 is 0 Å². The minimum atomic E-state index is -0.256. The first kappa shape index (κ1) is 9.98. The normalized spacial score (nSPS) is 13.3. The lowest BCUT2D eigenvalue weighted by Crippen LogP contribution is -2.12. The van der Waals surface area contributed by atoms with E-state index in [1.54, 1.807) is 18.2 Å². The second-order valence-electron chi connectivity index (χ2n) is 3.28. The second-order valence-corrected chi connectivity index (χ2v) is 3.55. The fourth-order valence-corrected chi connectivity index (χ4v) is 1.57. The summed E-state index contributed by atoms with van der Waals surface area (Å²) in [6, 6.07) is 5.27. The van der Waals surface area contributed by atoms with Crippen LogP contribution in [0.15, 0.2) is 18.2 Å². The highest BCUT2D eigenvalue weighted by molar-refractivity contribution is 6.29. The summed E-state index contributed by atoms with van der Waals surface area (Å²) in [6.07, 6.45) is 0.361. The third-order valence-electron chi connectivity index (χ3n) is 2.14. The molecule has 78 valence electrons. The molecule has 2 N–H and O–H groups in total. The molecule has 0 aliphatic carbocycles. The first-order valence-corrected chi connectivity index (χ1v) is 5.01. The smallest absolute Gasteiger partial charge is 0.239 e. The lowest BCUT2D eigenvalue weighted by Gasteiger charge is -2.04. The minimum Gasteiger partial charge on any atom is -0.326 e. The van der Waals surface area contributed by atoms with Crippen LogP contribution in [0.5, 0.6) is 0 Å². The number of anilines is 2. The molecule has 0 atom stereocenters. The molecule has 4 nitrogen and oxygen atoms in total. The molecule has 5 heteroatoms. The van der Waals surface area contributed by atoms with E-state index in [4.69, 9.17) is 11.6 Å². The second kappa shape index (κ2) is 3.90. The van der Waals surface area contributed by atoms with Crippen molar-refractivity contribution in [3.63, 3.8) is 0 Å². The Morgan fingerprint density at radius 2 is 2.33 bits per heavy atom. The monoisotopic (exact) mass is 224 g/mol. The van der Waals surface area contributed by atoms with E-state index >= 15 is 0 Å². The van der Waals surface area contributed by atoms with E-state index in [0.717, 1.165) is 11.3 Å². The predicted molar refractivity (Wildman–Crippen MR) is 58.1 cm³/mol. The van der Waals surface area contributed by atoms with Gasteiger partial charge in [-0.15, -0.1) is 11.6 Å². The van der Waals surface area contributed by atoms with Crippen LogP contribution >= 0.6 is 11.6 Å². The quantitative estimate of drug-likeness (QED) is 0.746. The Morgan fingerprint density at radius 3 is 3.07 bits per heavy atom. The molecule has 0 radical (unpaired) electrons. The van der Waals surface area contributed by atoms with Gasteiger partial charge in [0.1, 0.15) is 5.88 Å². The molecule has 15 heavy (non-hydrogen) atoms. The van der Waals surface area contributed by atoms with Crippen molar-refractivity contribution in [2.45, 2.75) is 6.42 Å². The molecule has 2 amide bonds. The van der Waals surface area contributed by atoms with E-state index in [-0.39, 0.29) is 17.7 Å². The molecule has 0 spiro atoms. The summed E-state index contributed by atoms with van der Waals surface area (Å²) in [4.78, 5) is 22.1. The van der Waals surface area contributed by atoms with Crippen molar-refractivity contribution in [2.75, 3.05) is 16.5 Å². The van der Waals surface area contributed by atoms with Gasteiger partial charge in [0.05, 0.1) is 6.42 Å². The van der Waals surface area contributed by atoms with Crippen LogP contribution in [0, 0.1) is 0 Å². The first-order chi connectivity index (χ1) is 7.19. The molecule has 0 saturated heterocycles. The molecule has 1 aromatic carbocycles. The lowest BCUT2D eigenvalue weighted by atomic mass is 10.1. The highest BCUT2D eigenvalue weighted by Gasteiger charge is 2.17. The zero-order valence-electron chi connectivity index (χ0n) is 7.84. The van der Waals surface area contributed by atoms with Gasteiger partial charge >= 0.3 is 0 Å². The van der Waals surface area contributed by atoms with E-state index in [1.807, 2.05) is 0 Å². The maximum atomic E-state index is 11.1. The highest BCUT2D eigenvalue weighted by Crippen LogP contribution is 2.25. The van der Waals surface area contributed by atoms with Gasteiger partial charge in [-0.2, -0.15) is 0 Å². The van der Waals surface area contributed by atoms with Crippen molar-refractivity contribution < 1.29 is 9.59 Å². The average molecular weight is 225 g/mol. The number of amides is 2. The minimum absolute atomic E-state index is 0.0224. The molecule has 0 fully saturated rings.